The summed E-state index contributed by atoms with van der Waals surface area (Å²) in [6.45, 7) is 14.2. The lowest BCUT2D eigenvalue weighted by Gasteiger charge is -2.40. The number of carbonyl (C=O) groups is 2. The zero-order valence-electron chi connectivity index (χ0n) is 29.8. The summed E-state index contributed by atoms with van der Waals surface area (Å²) in [6, 6.07) is 9.59. The summed E-state index contributed by atoms with van der Waals surface area (Å²) in [5.41, 5.74) is 5.64. The topological polar surface area (TPSA) is 101 Å². The van der Waals surface area contributed by atoms with Crippen LogP contribution in [0.25, 0.3) is 11.1 Å². The molecule has 3 unspecified atom stereocenters. The molecule has 1 aromatic heterocycles. The minimum absolute atomic E-state index is 0.0361. The number of aromatic nitrogens is 1. The van der Waals surface area contributed by atoms with Gasteiger partial charge in [0, 0.05) is 73.9 Å². The Morgan fingerprint density at radius 1 is 1.11 bits per heavy atom. The maximum atomic E-state index is 14.1. The first-order valence-electron chi connectivity index (χ1n) is 18.0. The maximum absolute atomic E-state index is 14.1. The number of carbonyl (C=O) groups excluding carboxylic acids is 2. The Balaban J connectivity index is 1.43. The molecular formula is C38H58N6O3. The molecule has 1 saturated carbocycles. The molecule has 1 aromatic carbocycles. The van der Waals surface area contributed by atoms with Gasteiger partial charge >= 0.3 is 0 Å². The van der Waals surface area contributed by atoms with Crippen LogP contribution in [0.1, 0.15) is 87.8 Å². The highest BCUT2D eigenvalue weighted by molar-refractivity contribution is 5.99. The smallest absolute Gasteiger partial charge is 0.251 e. The van der Waals surface area contributed by atoms with Crippen molar-refractivity contribution in [3.05, 3.63) is 47.3 Å². The normalized spacial score (nSPS) is 26.9. The molecule has 2 aliphatic heterocycles. The van der Waals surface area contributed by atoms with Gasteiger partial charge in [-0.1, -0.05) is 19.9 Å². The Labute approximate surface area is 282 Å². The summed E-state index contributed by atoms with van der Waals surface area (Å²) in [7, 11) is 4.35. The summed E-state index contributed by atoms with van der Waals surface area (Å²) in [6.07, 6.45) is 7.96. The number of nitrogens with one attached hydrogen (secondary N) is 2. The second-order valence-electron chi connectivity index (χ2n) is 15.0. The molecule has 0 bridgehead atoms. The molecule has 3 N–H and O–H groups in total. The molecule has 1 aliphatic carbocycles. The highest BCUT2D eigenvalue weighted by Gasteiger charge is 2.37. The Bertz CT molecular complexity index is 1370. The summed E-state index contributed by atoms with van der Waals surface area (Å²) >= 11 is 0. The van der Waals surface area contributed by atoms with Crippen molar-refractivity contribution in [2.24, 2.45) is 17.8 Å². The lowest BCUT2D eigenvalue weighted by Crippen LogP contribution is -2.52. The van der Waals surface area contributed by atoms with E-state index in [0.29, 0.717) is 43.2 Å². The van der Waals surface area contributed by atoms with E-state index in [2.05, 4.69) is 92.2 Å². The van der Waals surface area contributed by atoms with Gasteiger partial charge in [0.15, 0.2) is 0 Å². The number of nitrogens with zero attached hydrogens (tertiary/aromatic N) is 4. The third kappa shape index (κ3) is 8.35. The number of hydrogen-bond donors (Lipinski definition) is 3. The fourth-order valence-electron chi connectivity index (χ4n) is 8.24. The molecular weight excluding hydrogens is 588 g/mol. The third-order valence-corrected chi connectivity index (χ3v) is 11.1. The molecule has 258 valence electrons. The van der Waals surface area contributed by atoms with Gasteiger partial charge in [-0.25, -0.2) is 0 Å². The van der Waals surface area contributed by atoms with Crippen molar-refractivity contribution in [3.8, 4) is 11.1 Å². The number of benzene rings is 1. The summed E-state index contributed by atoms with van der Waals surface area (Å²) in [5, 5.41) is 16.2. The van der Waals surface area contributed by atoms with Gasteiger partial charge in [-0.3, -0.25) is 19.5 Å². The molecule has 9 nitrogen and oxygen atoms in total. The average molecular weight is 647 g/mol. The first kappa shape index (κ1) is 35.3. The number of piperidine rings is 1. The number of pyridine rings is 1. The molecule has 47 heavy (non-hydrogen) atoms. The number of hydrogen-bond acceptors (Lipinski definition) is 7. The highest BCUT2D eigenvalue weighted by Crippen LogP contribution is 2.36. The summed E-state index contributed by atoms with van der Waals surface area (Å²) in [4.78, 5) is 39.0. The van der Waals surface area contributed by atoms with Crippen molar-refractivity contribution in [2.75, 3.05) is 45.2 Å². The van der Waals surface area contributed by atoms with Gasteiger partial charge < -0.3 is 25.5 Å². The van der Waals surface area contributed by atoms with Gasteiger partial charge in [0.1, 0.15) is 0 Å². The van der Waals surface area contributed by atoms with Crippen molar-refractivity contribution in [3.63, 3.8) is 0 Å². The molecule has 2 amide bonds. The van der Waals surface area contributed by atoms with Crippen LogP contribution in [0.2, 0.25) is 0 Å². The largest absolute Gasteiger partial charge is 0.392 e. The van der Waals surface area contributed by atoms with Crippen molar-refractivity contribution >= 4 is 17.5 Å². The first-order valence-corrected chi connectivity index (χ1v) is 18.0. The van der Waals surface area contributed by atoms with Crippen LogP contribution in [0, 0.1) is 24.7 Å². The lowest BCUT2D eigenvalue weighted by atomic mass is 9.76. The number of β-amino-alcohol motifs (C(OH)–C–C–N with tert-alkyl or cyclic N) is 1. The van der Waals surface area contributed by atoms with Crippen LogP contribution in [0.15, 0.2) is 30.5 Å². The van der Waals surface area contributed by atoms with E-state index in [-0.39, 0.29) is 35.8 Å². The van der Waals surface area contributed by atoms with Crippen molar-refractivity contribution in [1.82, 2.24) is 25.4 Å². The zero-order chi connectivity index (χ0) is 33.8. The van der Waals surface area contributed by atoms with Crippen molar-refractivity contribution in [1.29, 1.82) is 0 Å². The minimum atomic E-state index is -0.253. The first-order chi connectivity index (χ1) is 22.4. The Hall–Kier alpha value is -3.01. The standard InChI is InChI=1S/C38H58N6O3/c1-8-44(31-13-11-30(12-14-31)42(6)7)36-19-28(27-9-10-29(39-20-27)22-43-16-15-32(45)23-43)18-34(26(36)5)37(46)40-21-35-33(24(2)3)17-25(4)41-38(35)47/h9-10,18-20,24-25,30-33,35,45H,8,11-17,21-23H2,1-7H3,(H,40,46)(H,41,47)/t25?,30?,31?,32-,33?,35?/m0/s1. The Morgan fingerprint density at radius 2 is 1.83 bits per heavy atom. The molecule has 2 aromatic rings. The van der Waals surface area contributed by atoms with Crippen LogP contribution in [0.5, 0.6) is 0 Å². The quantitative estimate of drug-likeness (QED) is 0.321. The van der Waals surface area contributed by atoms with E-state index < -0.39 is 0 Å². The van der Waals surface area contributed by atoms with Gasteiger partial charge in [0.05, 0.1) is 17.7 Å². The van der Waals surface area contributed by atoms with Crippen LogP contribution in [-0.2, 0) is 11.3 Å². The molecule has 3 aliphatic rings. The fraction of sp³-hybridized carbons (Fsp3) is 0.658. The number of rotatable bonds is 11. The second-order valence-corrected chi connectivity index (χ2v) is 15.0. The molecule has 5 rings (SSSR count). The van der Waals surface area contributed by atoms with Gasteiger partial charge in [-0.15, -0.1) is 0 Å². The number of aliphatic hydroxyl groups is 1. The van der Waals surface area contributed by atoms with E-state index in [4.69, 9.17) is 4.98 Å². The lowest BCUT2D eigenvalue weighted by molar-refractivity contribution is -0.130. The van der Waals surface area contributed by atoms with Crippen LogP contribution < -0.4 is 15.5 Å². The number of anilines is 1. The zero-order valence-corrected chi connectivity index (χ0v) is 29.8. The molecule has 2 saturated heterocycles. The number of likely N-dealkylation sites (tertiary alicyclic amines) is 1. The Morgan fingerprint density at radius 3 is 2.43 bits per heavy atom. The summed E-state index contributed by atoms with van der Waals surface area (Å²) < 4.78 is 0. The van der Waals surface area contributed by atoms with Gasteiger partial charge in [0.2, 0.25) is 5.91 Å². The maximum Gasteiger partial charge on any atom is 0.251 e. The van der Waals surface area contributed by atoms with Gasteiger partial charge in [0.25, 0.3) is 5.91 Å². The summed E-state index contributed by atoms with van der Waals surface area (Å²) in [5.74, 6) is 0.237. The van der Waals surface area contributed by atoms with Gasteiger partial charge in [-0.2, -0.15) is 0 Å². The van der Waals surface area contributed by atoms with Crippen LogP contribution in [0.4, 0.5) is 5.69 Å². The highest BCUT2D eigenvalue weighted by atomic mass is 16.3. The molecule has 4 atom stereocenters. The van der Waals surface area contributed by atoms with Crippen LogP contribution in [-0.4, -0.2) is 96.2 Å². The van der Waals surface area contributed by atoms with E-state index in [0.717, 1.165) is 66.8 Å². The van der Waals surface area contributed by atoms with Crippen LogP contribution in [0.3, 0.4) is 0 Å². The van der Waals surface area contributed by atoms with E-state index in [1.165, 1.54) is 12.8 Å². The van der Waals surface area contributed by atoms with Crippen LogP contribution >= 0.6 is 0 Å². The minimum Gasteiger partial charge on any atom is -0.392 e. The molecule has 0 spiro atoms. The van der Waals surface area contributed by atoms with E-state index >= 15 is 0 Å². The van der Waals surface area contributed by atoms with E-state index in [1.807, 2.05) is 12.3 Å². The SMILES string of the molecule is CCN(c1cc(-c2ccc(CN3CC[C@H](O)C3)nc2)cc(C(=O)NCC2C(=O)NC(C)CC2C(C)C)c1C)C1CCC(N(C)C)CC1. The molecule has 3 heterocycles. The van der Waals surface area contributed by atoms with E-state index in [9.17, 15) is 14.7 Å². The average Bonchev–Trinajstić information content (AvgIpc) is 3.45. The molecule has 9 heteroatoms. The van der Waals surface area contributed by atoms with Gasteiger partial charge in [-0.05, 0) is 115 Å². The van der Waals surface area contributed by atoms with E-state index in [1.54, 1.807) is 0 Å². The fourth-order valence-corrected chi connectivity index (χ4v) is 8.24. The second kappa shape index (κ2) is 15.5. The predicted octanol–water partition coefficient (Wildman–Crippen LogP) is 4.85. The van der Waals surface area contributed by atoms with Crippen molar-refractivity contribution in [2.45, 2.75) is 104 Å². The van der Waals surface area contributed by atoms with Crippen molar-refractivity contribution < 1.29 is 14.7 Å². The third-order valence-electron chi connectivity index (χ3n) is 11.1. The monoisotopic (exact) mass is 646 g/mol. The predicted molar refractivity (Wildman–Crippen MR) is 189 cm³/mol. The molecule has 3 fully saturated rings. The number of aliphatic hydroxyl groups excluding tert-OH is 1. The Kier molecular flexibility index (Phi) is 11.6. The molecule has 0 radical (unpaired) electrons. The number of amides is 2.